The number of benzene rings is 2. The number of anilines is 3. The number of fused-ring (bicyclic) bond motifs is 19. The number of sulfonamides is 1. The Hall–Kier alpha value is -4.12. The van der Waals surface area contributed by atoms with Crippen LogP contribution in [-0.4, -0.2) is 97.9 Å². The van der Waals surface area contributed by atoms with Gasteiger partial charge in [-0.3, -0.25) is 0 Å². The summed E-state index contributed by atoms with van der Waals surface area (Å²) in [6.45, 7) is 7.94. The molecule has 2 aliphatic heterocycles. The molecule has 4 aromatic heterocycles. The van der Waals surface area contributed by atoms with Crippen LogP contribution >= 0.6 is 0 Å². The normalized spacial score (nSPS) is 13.4. The van der Waals surface area contributed by atoms with Crippen LogP contribution in [0.3, 0.4) is 0 Å². The van der Waals surface area contributed by atoms with E-state index in [4.69, 9.17) is 39.9 Å². The summed E-state index contributed by atoms with van der Waals surface area (Å²) in [6, 6.07) is 12.9. The van der Waals surface area contributed by atoms with Crippen LogP contribution in [0.2, 0.25) is 0 Å². The van der Waals surface area contributed by atoms with E-state index in [1.807, 2.05) is 39.8 Å². The van der Waals surface area contributed by atoms with E-state index in [0.29, 0.717) is 11.6 Å². The average Bonchev–Trinajstić information content (AvgIpc) is 4.23. The molecule has 5 aliphatic rings. The first kappa shape index (κ1) is 77.9. The molecule has 11 rings (SSSR count). The quantitative estimate of drug-likeness (QED) is 0.130. The standard InChI is InChI=1S/C32H28N8.C13H18N6O8S3.2C2H6.5CH4.Cu.2Na/c1-2-10-18-17(9-1)25-33-26(18)38-28-21-13-5-6-14-22(21)30(35-28)40-32-24-16-8-7-15-23(24)31(36-32)39-29-20-12-4-3-11-19(20)27(34-29)37-25;1-28(20,21)15-7-6-11-17-12(14-8-29(22,23)24)19-13(18-11)16-9-2-4-10(5-3-9)30(25,26)27;2*1-2;;;;;;;;/h1-2,9-10H,3-8,11-16H2;2-5,15H,6-8H2,1H3,(H,22,23,24)(H,25,26,27)(H2,14,16,17,18,19);2*1-2H3;5*1H4;;;/q-2;;;;;;;;;+2;2*+1/p-2. The van der Waals surface area contributed by atoms with Crippen LogP contribution in [0.4, 0.5) is 17.6 Å². The molecule has 0 spiro atoms. The van der Waals surface area contributed by atoms with E-state index < -0.39 is 41.0 Å². The Kier molecular flexibility index (Phi) is 32.4. The molecule has 0 saturated heterocycles. The van der Waals surface area contributed by atoms with Gasteiger partial charge in [-0.2, -0.15) is 15.0 Å². The predicted octanol–water partition coefficient (Wildman–Crippen LogP) is 3.49. The van der Waals surface area contributed by atoms with Gasteiger partial charge in [0.05, 0.1) is 34.4 Å². The fourth-order valence-electron chi connectivity index (χ4n) is 9.12. The van der Waals surface area contributed by atoms with Gasteiger partial charge in [0, 0.05) is 52.4 Å². The second-order valence-electron chi connectivity index (χ2n) is 17.3. The molecule has 0 amide bonds. The number of nitrogens with one attached hydrogen (secondary N) is 3. The van der Waals surface area contributed by atoms with Crippen LogP contribution in [0.25, 0.3) is 56.5 Å². The minimum absolute atomic E-state index is 0. The van der Waals surface area contributed by atoms with E-state index in [0.717, 1.165) is 141 Å². The molecule has 441 valence electrons. The van der Waals surface area contributed by atoms with Gasteiger partial charge in [0.25, 0.3) is 0 Å². The van der Waals surface area contributed by atoms with Gasteiger partial charge in [-0.1, -0.05) is 89.1 Å². The van der Waals surface area contributed by atoms with Crippen molar-refractivity contribution in [2.24, 2.45) is 0 Å². The van der Waals surface area contributed by atoms with Crippen molar-refractivity contribution >= 4 is 81.6 Å². The van der Waals surface area contributed by atoms with Crippen LogP contribution in [-0.2, 0) is 79.4 Å². The van der Waals surface area contributed by atoms with Gasteiger partial charge >= 0.3 is 76.2 Å². The van der Waals surface area contributed by atoms with Crippen LogP contribution in [0, 0.1) is 0 Å². The molecule has 28 heteroatoms. The molecule has 0 unspecified atom stereocenters. The van der Waals surface area contributed by atoms with Gasteiger partial charge in [0.1, 0.15) is 31.9 Å². The van der Waals surface area contributed by atoms with Gasteiger partial charge in [0.2, 0.25) is 21.9 Å². The SMILES string of the molecule is C.C.C.C.C.CC.CC.CS(=O)(=O)NCCc1nc(NCS(=O)(=O)[O-])nc(Nc2ccc(S(=O)(=O)[O-])cc2)n1.[Cu+2].[Na+].[Na+].c1ccc2c(c1)-c1nc-2nc2[n-]c(nc3nc(nc4[n-]c(n1)c1c4CCCC1)C1=C3CCCC1)c1c2CCCC1. The average molecular weight is 1260 g/mol. The molecule has 82 heavy (non-hydrogen) atoms. The molecular formula is C54H76CuN14Na2O8S3. The topological polar surface area (TPSA) is 329 Å². The Balaban J connectivity index is 0.00000143. The van der Waals surface area contributed by atoms with Crippen molar-refractivity contribution < 1.29 is 111 Å². The number of nitrogens with zero attached hydrogens (tertiary/aromatic N) is 11. The molecule has 0 saturated carbocycles. The summed E-state index contributed by atoms with van der Waals surface area (Å²) in [4.78, 5) is 52.0. The van der Waals surface area contributed by atoms with Gasteiger partial charge in [-0.05, 0) is 135 Å². The monoisotopic (exact) mass is 1250 g/mol. The maximum atomic E-state index is 11.2. The van der Waals surface area contributed by atoms with Crippen molar-refractivity contribution in [3.05, 3.63) is 88.3 Å². The van der Waals surface area contributed by atoms with Crippen molar-refractivity contribution in [3.8, 4) is 22.8 Å². The maximum absolute atomic E-state index is 11.2. The number of hydrogen-bond acceptors (Lipinski definition) is 19. The van der Waals surface area contributed by atoms with Crippen molar-refractivity contribution in [1.82, 2.24) is 59.5 Å². The fraction of sp³-hybridized carbons (Fsp3) is 0.463. The minimum Gasteiger partial charge on any atom is -0.747 e. The zero-order chi connectivity index (χ0) is 52.8. The van der Waals surface area contributed by atoms with Gasteiger partial charge < -0.3 is 49.6 Å². The minimum atomic E-state index is -4.62. The van der Waals surface area contributed by atoms with Crippen molar-refractivity contribution in [3.63, 3.8) is 0 Å². The summed E-state index contributed by atoms with van der Waals surface area (Å²) < 4.78 is 89.9. The number of rotatable bonds is 10. The van der Waals surface area contributed by atoms with Crippen LogP contribution in [0.15, 0.2) is 53.4 Å². The number of hydrogen-bond donors (Lipinski definition) is 3. The third-order valence-electron chi connectivity index (χ3n) is 12.3. The van der Waals surface area contributed by atoms with Crippen molar-refractivity contribution in [1.29, 1.82) is 0 Å². The van der Waals surface area contributed by atoms with E-state index in [9.17, 15) is 34.4 Å². The van der Waals surface area contributed by atoms with Crippen molar-refractivity contribution in [2.75, 3.05) is 29.3 Å². The van der Waals surface area contributed by atoms with E-state index in [1.54, 1.807) is 0 Å². The molecule has 1 radical (unpaired) electrons. The molecule has 6 aromatic rings. The Morgan fingerprint density at radius 2 is 0.902 bits per heavy atom. The second-order valence-corrected chi connectivity index (χ2v) is 21.9. The van der Waals surface area contributed by atoms with Crippen LogP contribution < -0.4 is 84.4 Å². The Bertz CT molecular complexity index is 3510. The third-order valence-corrected chi connectivity index (χ3v) is 14.4. The van der Waals surface area contributed by atoms with Crippen LogP contribution in [0.1, 0.15) is 156 Å². The first-order valence-corrected chi connectivity index (χ1v) is 29.6. The molecule has 2 aromatic carbocycles. The number of allylic oxidation sites excluding steroid dienone is 2. The smallest absolute Gasteiger partial charge is 0.747 e. The largest absolute Gasteiger partial charge is 2.00 e. The van der Waals surface area contributed by atoms with Gasteiger partial charge in [-0.15, -0.1) is 0 Å². The maximum Gasteiger partial charge on any atom is 2.00 e. The zero-order valence-corrected chi connectivity index (χ0v) is 51.3. The van der Waals surface area contributed by atoms with Crippen molar-refractivity contribution in [2.45, 2.75) is 153 Å². The molecule has 0 atom stereocenters. The number of aromatic nitrogens is 11. The molecule has 3 aliphatic carbocycles. The van der Waals surface area contributed by atoms with Crippen LogP contribution in [0.5, 0.6) is 0 Å². The van der Waals surface area contributed by atoms with E-state index in [1.165, 1.54) is 45.5 Å². The zero-order valence-electron chi connectivity index (χ0n) is 43.9. The van der Waals surface area contributed by atoms with Gasteiger partial charge in [-0.25, -0.2) is 39.9 Å². The van der Waals surface area contributed by atoms with E-state index in [-0.39, 0.29) is 150 Å². The molecule has 3 N–H and O–H groups in total. The van der Waals surface area contributed by atoms with E-state index in [2.05, 4.69) is 42.4 Å². The second kappa shape index (κ2) is 34.1. The van der Waals surface area contributed by atoms with E-state index >= 15 is 0 Å². The Morgan fingerprint density at radius 3 is 1.30 bits per heavy atom. The summed E-state index contributed by atoms with van der Waals surface area (Å²) in [5.74, 6) is 1.58. The summed E-state index contributed by atoms with van der Waals surface area (Å²) in [5, 5.41) is 4.93. The Labute approximate surface area is 540 Å². The molecule has 8 bridgehead atoms. The summed E-state index contributed by atoms with van der Waals surface area (Å²) >= 11 is 0. The summed E-state index contributed by atoms with van der Waals surface area (Å²) in [6.07, 6.45) is 13.7. The Morgan fingerprint density at radius 1 is 0.512 bits per heavy atom. The molecular weight excluding hydrogens is 1180 g/mol. The first-order chi connectivity index (χ1) is 35.5. The fourth-order valence-corrected chi connectivity index (χ4v) is 10.4. The molecule has 0 fully saturated rings. The third kappa shape index (κ3) is 19.2. The predicted molar refractivity (Wildman–Crippen MR) is 312 cm³/mol. The summed E-state index contributed by atoms with van der Waals surface area (Å²) in [7, 11) is -12.7. The number of aryl methyl sites for hydroxylation is 4. The molecule has 22 nitrogen and oxygen atoms in total. The first-order valence-electron chi connectivity index (χ1n) is 24.7. The van der Waals surface area contributed by atoms with Gasteiger partial charge in [0.15, 0.2) is 0 Å². The summed E-state index contributed by atoms with van der Waals surface area (Å²) in [5.41, 5.74) is 12.6. The molecule has 6 heterocycles.